The van der Waals surface area contributed by atoms with Crippen LogP contribution in [0.2, 0.25) is 0 Å². The molecule has 1 saturated heterocycles. The molecule has 5 nitrogen and oxygen atoms in total. The molecule has 0 amide bonds. The summed E-state index contributed by atoms with van der Waals surface area (Å²) in [6.07, 6.45) is 3.02. The van der Waals surface area contributed by atoms with Crippen molar-refractivity contribution >= 4 is 10.9 Å². The van der Waals surface area contributed by atoms with Gasteiger partial charge in [0.1, 0.15) is 17.6 Å². The fraction of sp³-hybridized carbons (Fsp3) is 0.235. The number of nitrogens with one attached hydrogen (secondary N) is 2. The van der Waals surface area contributed by atoms with Crippen molar-refractivity contribution in [1.29, 1.82) is 0 Å². The van der Waals surface area contributed by atoms with Crippen molar-refractivity contribution in [3.05, 3.63) is 42.6 Å². The average Bonchev–Trinajstić information content (AvgIpc) is 3.19. The van der Waals surface area contributed by atoms with E-state index >= 15 is 0 Å². The molecule has 3 N–H and O–H groups in total. The van der Waals surface area contributed by atoms with Crippen LogP contribution < -0.4 is 10.1 Å². The first-order valence-corrected chi connectivity index (χ1v) is 7.43. The highest BCUT2D eigenvalue weighted by Crippen LogP contribution is 2.33. The second-order valence-corrected chi connectivity index (χ2v) is 5.59. The van der Waals surface area contributed by atoms with E-state index in [9.17, 15) is 5.11 Å². The lowest BCUT2D eigenvalue weighted by atomic mass is 10.0. The molecule has 22 heavy (non-hydrogen) atoms. The summed E-state index contributed by atoms with van der Waals surface area (Å²) >= 11 is 0. The Hall–Kier alpha value is -2.53. The van der Waals surface area contributed by atoms with Gasteiger partial charge in [-0.2, -0.15) is 5.10 Å². The Morgan fingerprint density at radius 3 is 2.77 bits per heavy atom. The maximum absolute atomic E-state index is 9.44. The number of aromatic hydroxyl groups is 1. The zero-order valence-corrected chi connectivity index (χ0v) is 12.0. The van der Waals surface area contributed by atoms with Crippen molar-refractivity contribution in [2.75, 3.05) is 13.1 Å². The van der Waals surface area contributed by atoms with Crippen LogP contribution in [0.1, 0.15) is 6.42 Å². The molecule has 0 saturated carbocycles. The molecule has 3 aromatic rings. The molecular weight excluding hydrogens is 278 g/mol. The number of aromatic nitrogens is 2. The van der Waals surface area contributed by atoms with Crippen LogP contribution in [0.5, 0.6) is 11.5 Å². The Labute approximate surface area is 127 Å². The standard InChI is InChI=1S/C17H17N3O2/c21-13-3-1-11(2-4-13)12-7-16-15(10-19-20-16)17(8-12)22-14-5-6-18-9-14/h1-4,7-8,10,14,18,21H,5-6,9H2,(H,19,20)/t14-/m0/s1. The quantitative estimate of drug-likeness (QED) is 0.695. The van der Waals surface area contributed by atoms with Crippen molar-refractivity contribution in [3.63, 3.8) is 0 Å². The molecule has 1 aromatic heterocycles. The first-order chi connectivity index (χ1) is 10.8. The van der Waals surface area contributed by atoms with Gasteiger partial charge in [0.2, 0.25) is 0 Å². The highest BCUT2D eigenvalue weighted by molar-refractivity contribution is 5.89. The van der Waals surface area contributed by atoms with E-state index in [0.717, 1.165) is 47.3 Å². The molecule has 5 heteroatoms. The summed E-state index contributed by atoms with van der Waals surface area (Å²) in [5.74, 6) is 1.11. The van der Waals surface area contributed by atoms with Crippen molar-refractivity contribution in [1.82, 2.24) is 15.5 Å². The molecule has 1 atom stereocenters. The summed E-state index contributed by atoms with van der Waals surface area (Å²) < 4.78 is 6.16. The summed E-state index contributed by atoms with van der Waals surface area (Å²) in [5, 5.41) is 20.9. The zero-order chi connectivity index (χ0) is 14.9. The Morgan fingerprint density at radius 2 is 2.00 bits per heavy atom. The molecule has 0 unspecified atom stereocenters. The van der Waals surface area contributed by atoms with Gasteiger partial charge in [0.15, 0.2) is 0 Å². The van der Waals surface area contributed by atoms with Crippen LogP contribution in [0.15, 0.2) is 42.6 Å². The monoisotopic (exact) mass is 295 g/mol. The minimum absolute atomic E-state index is 0.202. The van der Waals surface area contributed by atoms with E-state index in [2.05, 4.69) is 21.6 Å². The van der Waals surface area contributed by atoms with Gasteiger partial charge in [-0.05, 0) is 48.4 Å². The summed E-state index contributed by atoms with van der Waals surface area (Å²) in [4.78, 5) is 0. The summed E-state index contributed by atoms with van der Waals surface area (Å²) in [6.45, 7) is 1.87. The lowest BCUT2D eigenvalue weighted by Gasteiger charge is -2.14. The van der Waals surface area contributed by atoms with Gasteiger partial charge in [0, 0.05) is 6.54 Å². The van der Waals surface area contributed by atoms with Crippen LogP contribution in [0.4, 0.5) is 0 Å². The molecular formula is C17H17N3O2. The van der Waals surface area contributed by atoms with Crippen molar-refractivity contribution in [3.8, 4) is 22.6 Å². The topological polar surface area (TPSA) is 70.2 Å². The average molecular weight is 295 g/mol. The van der Waals surface area contributed by atoms with Gasteiger partial charge in [0.25, 0.3) is 0 Å². The van der Waals surface area contributed by atoms with Gasteiger partial charge in [-0.1, -0.05) is 12.1 Å². The number of ether oxygens (including phenoxy) is 1. The first-order valence-electron chi connectivity index (χ1n) is 7.43. The summed E-state index contributed by atoms with van der Waals surface area (Å²) in [7, 11) is 0. The van der Waals surface area contributed by atoms with E-state index < -0.39 is 0 Å². The van der Waals surface area contributed by atoms with E-state index in [1.165, 1.54) is 0 Å². The molecule has 0 bridgehead atoms. The number of hydrogen-bond acceptors (Lipinski definition) is 4. The van der Waals surface area contributed by atoms with Crippen LogP contribution in [-0.2, 0) is 0 Å². The zero-order valence-electron chi connectivity index (χ0n) is 12.0. The van der Waals surface area contributed by atoms with Crippen LogP contribution in [0.25, 0.3) is 22.0 Å². The van der Waals surface area contributed by atoms with Gasteiger partial charge >= 0.3 is 0 Å². The van der Waals surface area contributed by atoms with Gasteiger partial charge in [0.05, 0.1) is 17.1 Å². The maximum atomic E-state index is 9.44. The number of benzene rings is 2. The van der Waals surface area contributed by atoms with Gasteiger partial charge in [-0.15, -0.1) is 0 Å². The highest BCUT2D eigenvalue weighted by atomic mass is 16.5. The lowest BCUT2D eigenvalue weighted by molar-refractivity contribution is 0.226. The lowest BCUT2D eigenvalue weighted by Crippen LogP contribution is -2.19. The number of aromatic amines is 1. The van der Waals surface area contributed by atoms with E-state index in [1.807, 2.05) is 18.2 Å². The number of phenolic OH excluding ortho intramolecular Hbond substituents is 1. The molecule has 112 valence electrons. The van der Waals surface area contributed by atoms with E-state index in [0.29, 0.717) is 0 Å². The molecule has 0 radical (unpaired) electrons. The predicted octanol–water partition coefficient (Wildman–Crippen LogP) is 2.68. The number of rotatable bonds is 3. The van der Waals surface area contributed by atoms with E-state index in [4.69, 9.17) is 4.74 Å². The fourth-order valence-corrected chi connectivity index (χ4v) is 2.85. The minimum Gasteiger partial charge on any atom is -0.508 e. The molecule has 1 aliphatic rings. The second-order valence-electron chi connectivity index (χ2n) is 5.59. The molecule has 2 aromatic carbocycles. The Morgan fingerprint density at radius 1 is 1.14 bits per heavy atom. The largest absolute Gasteiger partial charge is 0.508 e. The third-order valence-electron chi connectivity index (χ3n) is 4.03. The van der Waals surface area contributed by atoms with Crippen molar-refractivity contribution in [2.24, 2.45) is 0 Å². The van der Waals surface area contributed by atoms with Crippen LogP contribution in [-0.4, -0.2) is 34.5 Å². The summed E-state index contributed by atoms with van der Waals surface area (Å²) in [5.41, 5.74) is 3.02. The predicted molar refractivity (Wildman–Crippen MR) is 85.1 cm³/mol. The van der Waals surface area contributed by atoms with Crippen molar-refractivity contribution in [2.45, 2.75) is 12.5 Å². The van der Waals surface area contributed by atoms with Gasteiger partial charge in [-0.3, -0.25) is 5.10 Å². The number of nitrogens with zero attached hydrogens (tertiary/aromatic N) is 1. The Balaban J connectivity index is 1.77. The molecule has 1 aliphatic heterocycles. The number of fused-ring (bicyclic) bond motifs is 1. The maximum Gasteiger partial charge on any atom is 0.131 e. The number of hydrogen-bond donors (Lipinski definition) is 3. The smallest absolute Gasteiger partial charge is 0.131 e. The van der Waals surface area contributed by atoms with Gasteiger partial charge < -0.3 is 15.2 Å². The third-order valence-corrected chi connectivity index (χ3v) is 4.03. The SMILES string of the molecule is Oc1ccc(-c2cc(O[C@H]3CCNC3)c3cn[nH]c3c2)cc1. The first kappa shape index (κ1) is 13.2. The Bertz CT molecular complexity index is 789. The van der Waals surface area contributed by atoms with Crippen molar-refractivity contribution < 1.29 is 9.84 Å². The molecule has 0 aliphatic carbocycles. The molecule has 4 rings (SSSR count). The molecule has 1 fully saturated rings. The summed E-state index contributed by atoms with van der Waals surface area (Å²) in [6, 6.07) is 11.3. The van der Waals surface area contributed by atoms with Gasteiger partial charge in [-0.25, -0.2) is 0 Å². The fourth-order valence-electron chi connectivity index (χ4n) is 2.85. The molecule has 2 heterocycles. The molecule has 0 spiro atoms. The van der Waals surface area contributed by atoms with E-state index in [1.54, 1.807) is 18.3 Å². The van der Waals surface area contributed by atoms with Crippen LogP contribution in [0.3, 0.4) is 0 Å². The number of H-pyrrole nitrogens is 1. The van der Waals surface area contributed by atoms with Crippen LogP contribution in [0, 0.1) is 0 Å². The highest BCUT2D eigenvalue weighted by Gasteiger charge is 2.18. The second kappa shape index (κ2) is 5.35. The normalized spacial score (nSPS) is 17.9. The van der Waals surface area contributed by atoms with E-state index in [-0.39, 0.29) is 11.9 Å². The van der Waals surface area contributed by atoms with Crippen LogP contribution >= 0.6 is 0 Å². The minimum atomic E-state index is 0.202. The number of phenols is 1. The Kier molecular flexibility index (Phi) is 3.20. The third kappa shape index (κ3) is 2.40.